The first-order valence-electron chi connectivity index (χ1n) is 8.62. The molecule has 1 aliphatic carbocycles. The predicted molar refractivity (Wildman–Crippen MR) is 96.0 cm³/mol. The van der Waals surface area contributed by atoms with Crippen molar-refractivity contribution in [2.75, 3.05) is 0 Å². The van der Waals surface area contributed by atoms with Crippen LogP contribution in [0.3, 0.4) is 0 Å². The molecule has 2 rings (SSSR count). The van der Waals surface area contributed by atoms with Crippen LogP contribution < -0.4 is 0 Å². The van der Waals surface area contributed by atoms with E-state index < -0.39 is 42.3 Å². The van der Waals surface area contributed by atoms with Gasteiger partial charge in [0.15, 0.2) is 0 Å². The number of aliphatic hydroxyl groups excluding tert-OH is 2. The molecule has 6 heteroatoms. The fraction of sp³-hybridized carbons (Fsp3) is 0.500. The monoisotopic (exact) mass is 362 g/mol. The molecule has 0 radical (unpaired) electrons. The molecule has 0 spiro atoms. The summed E-state index contributed by atoms with van der Waals surface area (Å²) in [5, 5.41) is 21.0. The van der Waals surface area contributed by atoms with E-state index in [1.165, 1.54) is 0 Å². The third-order valence-electron chi connectivity index (χ3n) is 5.01. The number of carbonyl (C=O) groups is 2. The summed E-state index contributed by atoms with van der Waals surface area (Å²) in [5.74, 6) is -1.92. The summed E-state index contributed by atoms with van der Waals surface area (Å²) in [5.41, 5.74) is 1.71. The standard InChI is InChI=1S/C20H26O6/c1-6-10(2)19(23)26-18-16-13(5)20(24)25-15(16)9-12(4)14(21)8-7-11(3)17(18)22/h6-7,9,14-18,21-22H,5,8H2,1-4H3/b10-6+,11-7-,12-9-/t14?,15?,16-,17?,18?/m0/s1. The summed E-state index contributed by atoms with van der Waals surface area (Å²) in [7, 11) is 0. The van der Waals surface area contributed by atoms with Gasteiger partial charge in [-0.05, 0) is 51.3 Å². The van der Waals surface area contributed by atoms with E-state index in [0.29, 0.717) is 23.1 Å². The quantitative estimate of drug-likeness (QED) is 0.443. The molecule has 1 aliphatic heterocycles. The second-order valence-electron chi connectivity index (χ2n) is 6.82. The van der Waals surface area contributed by atoms with Crippen LogP contribution in [0.1, 0.15) is 34.1 Å². The molecule has 6 nitrogen and oxygen atoms in total. The molecule has 0 bridgehead atoms. The van der Waals surface area contributed by atoms with Crippen molar-refractivity contribution in [3.05, 3.63) is 47.1 Å². The zero-order valence-corrected chi connectivity index (χ0v) is 15.6. The molecule has 142 valence electrons. The molecule has 1 fully saturated rings. The number of carbonyl (C=O) groups excluding carboxylic acids is 2. The minimum Gasteiger partial charge on any atom is -0.455 e. The van der Waals surface area contributed by atoms with E-state index in [1.54, 1.807) is 45.9 Å². The second kappa shape index (κ2) is 8.01. The van der Waals surface area contributed by atoms with Crippen molar-refractivity contribution in [3.8, 4) is 0 Å². The zero-order chi connectivity index (χ0) is 19.6. The van der Waals surface area contributed by atoms with Gasteiger partial charge in [-0.15, -0.1) is 0 Å². The number of ether oxygens (including phenoxy) is 2. The van der Waals surface area contributed by atoms with E-state index >= 15 is 0 Å². The van der Waals surface area contributed by atoms with Crippen LogP contribution in [0.15, 0.2) is 47.1 Å². The Labute approximate surface area is 153 Å². The normalized spacial score (nSPS) is 37.0. The molecule has 2 N–H and O–H groups in total. The molecule has 0 saturated carbocycles. The molecule has 0 aromatic carbocycles. The van der Waals surface area contributed by atoms with Crippen molar-refractivity contribution in [2.24, 2.45) is 5.92 Å². The molecule has 0 aromatic heterocycles. The number of hydrogen-bond acceptors (Lipinski definition) is 6. The molecule has 1 heterocycles. The molecule has 26 heavy (non-hydrogen) atoms. The number of esters is 2. The van der Waals surface area contributed by atoms with Crippen LogP contribution in [0, 0.1) is 5.92 Å². The van der Waals surface area contributed by atoms with Crippen LogP contribution in [0.5, 0.6) is 0 Å². The highest BCUT2D eigenvalue weighted by Gasteiger charge is 2.47. The number of aliphatic hydroxyl groups is 2. The largest absolute Gasteiger partial charge is 0.455 e. The molecular formula is C20H26O6. The number of fused-ring (bicyclic) bond motifs is 1. The van der Waals surface area contributed by atoms with Gasteiger partial charge in [-0.1, -0.05) is 18.7 Å². The minimum atomic E-state index is -1.15. The molecule has 5 atom stereocenters. The Hall–Kier alpha value is -2.18. The molecule has 0 amide bonds. The van der Waals surface area contributed by atoms with Gasteiger partial charge in [0.1, 0.15) is 18.3 Å². The SMILES string of the molecule is C=C1C(=O)OC2/C=C(/C)C(O)C/C=C(/C)C(O)C(OC(=O)/C(C)=C/C)[C@@H]12. The van der Waals surface area contributed by atoms with Crippen molar-refractivity contribution in [2.45, 2.75) is 58.5 Å². The van der Waals surface area contributed by atoms with Crippen LogP contribution in [-0.2, 0) is 19.1 Å². The molecular weight excluding hydrogens is 336 g/mol. The lowest BCUT2D eigenvalue weighted by atomic mass is 9.83. The van der Waals surface area contributed by atoms with Crippen molar-refractivity contribution < 1.29 is 29.3 Å². The Morgan fingerprint density at radius 3 is 2.62 bits per heavy atom. The van der Waals surface area contributed by atoms with E-state index in [9.17, 15) is 19.8 Å². The maximum absolute atomic E-state index is 12.3. The first-order valence-corrected chi connectivity index (χ1v) is 8.62. The Bertz CT molecular complexity index is 699. The maximum atomic E-state index is 12.3. The molecule has 4 unspecified atom stereocenters. The number of hydrogen-bond donors (Lipinski definition) is 2. The number of rotatable bonds is 2. The van der Waals surface area contributed by atoms with Crippen molar-refractivity contribution in [3.63, 3.8) is 0 Å². The third kappa shape index (κ3) is 3.97. The van der Waals surface area contributed by atoms with Crippen LogP contribution in [-0.4, -0.2) is 46.6 Å². The summed E-state index contributed by atoms with van der Waals surface area (Å²) < 4.78 is 10.9. The van der Waals surface area contributed by atoms with Crippen molar-refractivity contribution in [1.29, 1.82) is 0 Å². The second-order valence-corrected chi connectivity index (χ2v) is 6.82. The average molecular weight is 362 g/mol. The van der Waals surface area contributed by atoms with Gasteiger partial charge in [0, 0.05) is 11.1 Å². The van der Waals surface area contributed by atoms with Crippen molar-refractivity contribution in [1.82, 2.24) is 0 Å². The van der Waals surface area contributed by atoms with Gasteiger partial charge in [0.25, 0.3) is 0 Å². The summed E-state index contributed by atoms with van der Waals surface area (Å²) >= 11 is 0. The lowest BCUT2D eigenvalue weighted by Gasteiger charge is -2.31. The lowest BCUT2D eigenvalue weighted by Crippen LogP contribution is -2.42. The Balaban J connectivity index is 2.51. The lowest BCUT2D eigenvalue weighted by molar-refractivity contribution is -0.153. The Morgan fingerprint density at radius 1 is 1.35 bits per heavy atom. The summed E-state index contributed by atoms with van der Waals surface area (Å²) in [6.07, 6.45) is 1.54. The van der Waals surface area contributed by atoms with Gasteiger partial charge in [0.2, 0.25) is 0 Å². The van der Waals surface area contributed by atoms with Gasteiger partial charge in [-0.2, -0.15) is 0 Å². The van der Waals surface area contributed by atoms with E-state index in [1.807, 2.05) is 0 Å². The first-order chi connectivity index (χ1) is 12.2. The average Bonchev–Trinajstić information content (AvgIpc) is 2.88. The maximum Gasteiger partial charge on any atom is 0.334 e. The number of allylic oxidation sites excluding steroid dienone is 1. The van der Waals surface area contributed by atoms with E-state index in [4.69, 9.17) is 9.47 Å². The van der Waals surface area contributed by atoms with Gasteiger partial charge >= 0.3 is 11.9 Å². The molecule has 2 aliphatic rings. The molecule has 0 aromatic rings. The summed E-state index contributed by atoms with van der Waals surface area (Å²) in [4.78, 5) is 24.4. The van der Waals surface area contributed by atoms with Crippen LogP contribution in [0.4, 0.5) is 0 Å². The van der Waals surface area contributed by atoms with Gasteiger partial charge in [-0.3, -0.25) is 0 Å². The Morgan fingerprint density at radius 2 is 2.00 bits per heavy atom. The predicted octanol–water partition coefficient (Wildman–Crippen LogP) is 1.98. The summed E-state index contributed by atoms with van der Waals surface area (Å²) in [6, 6.07) is 0. The topological polar surface area (TPSA) is 93.1 Å². The fourth-order valence-electron chi connectivity index (χ4n) is 3.03. The van der Waals surface area contributed by atoms with Gasteiger partial charge in [-0.25, -0.2) is 9.59 Å². The van der Waals surface area contributed by atoms with Crippen LogP contribution >= 0.6 is 0 Å². The van der Waals surface area contributed by atoms with Crippen LogP contribution in [0.2, 0.25) is 0 Å². The van der Waals surface area contributed by atoms with E-state index in [0.717, 1.165) is 0 Å². The highest BCUT2D eigenvalue weighted by Crippen LogP contribution is 2.36. The fourth-order valence-corrected chi connectivity index (χ4v) is 3.03. The van der Waals surface area contributed by atoms with Gasteiger partial charge in [0.05, 0.1) is 12.0 Å². The highest BCUT2D eigenvalue weighted by atomic mass is 16.6. The van der Waals surface area contributed by atoms with E-state index in [-0.39, 0.29) is 5.57 Å². The van der Waals surface area contributed by atoms with Crippen LogP contribution in [0.25, 0.3) is 0 Å². The Kier molecular flexibility index (Phi) is 6.21. The van der Waals surface area contributed by atoms with E-state index in [2.05, 4.69) is 6.58 Å². The van der Waals surface area contributed by atoms with Gasteiger partial charge < -0.3 is 19.7 Å². The highest BCUT2D eigenvalue weighted by molar-refractivity contribution is 5.92. The van der Waals surface area contributed by atoms with Crippen molar-refractivity contribution >= 4 is 11.9 Å². The zero-order valence-electron chi connectivity index (χ0n) is 15.6. The minimum absolute atomic E-state index is 0.136. The first kappa shape index (κ1) is 20.1. The summed E-state index contributed by atoms with van der Waals surface area (Å²) in [6.45, 7) is 10.5. The smallest absolute Gasteiger partial charge is 0.334 e. The molecule has 1 saturated heterocycles. The third-order valence-corrected chi connectivity index (χ3v) is 5.01.